The standard InChI is InChI=1S/C15H25NO4/c1-7-8-13(9-14(17)19-6)10-20-15(18)16(11(2)3)12(4)5/h7-8,10-12H,9H2,1-6H3/b8-7+,13-10-. The highest BCUT2D eigenvalue weighted by atomic mass is 16.5. The molecule has 0 atom stereocenters. The summed E-state index contributed by atoms with van der Waals surface area (Å²) in [5.74, 6) is -0.380. The van der Waals surface area contributed by atoms with E-state index in [4.69, 9.17) is 4.74 Å². The minimum Gasteiger partial charge on any atom is -0.469 e. The van der Waals surface area contributed by atoms with Gasteiger partial charge >= 0.3 is 12.1 Å². The van der Waals surface area contributed by atoms with Gasteiger partial charge < -0.3 is 14.4 Å². The summed E-state index contributed by atoms with van der Waals surface area (Å²) in [7, 11) is 1.32. The molecule has 0 aliphatic rings. The number of hydrogen-bond acceptors (Lipinski definition) is 4. The molecule has 0 bridgehead atoms. The Balaban J connectivity index is 4.84. The molecule has 0 fully saturated rings. The lowest BCUT2D eigenvalue weighted by Crippen LogP contribution is -2.41. The molecule has 114 valence electrons. The molecule has 0 spiro atoms. The summed E-state index contributed by atoms with van der Waals surface area (Å²) in [4.78, 5) is 24.9. The second-order valence-corrected chi connectivity index (χ2v) is 4.92. The first-order valence-electron chi connectivity index (χ1n) is 6.70. The lowest BCUT2D eigenvalue weighted by Gasteiger charge is -2.29. The maximum atomic E-state index is 12.0. The number of amides is 1. The van der Waals surface area contributed by atoms with Gasteiger partial charge in [0.05, 0.1) is 13.5 Å². The van der Waals surface area contributed by atoms with Crippen LogP contribution in [0, 0.1) is 0 Å². The van der Waals surface area contributed by atoms with Crippen LogP contribution in [0.4, 0.5) is 4.79 Å². The lowest BCUT2D eigenvalue weighted by molar-refractivity contribution is -0.139. The van der Waals surface area contributed by atoms with Crippen LogP contribution in [0.1, 0.15) is 41.0 Å². The molecule has 0 saturated heterocycles. The van der Waals surface area contributed by atoms with Crippen molar-refractivity contribution in [2.24, 2.45) is 0 Å². The number of ether oxygens (including phenoxy) is 2. The molecular formula is C15H25NO4. The van der Waals surface area contributed by atoms with Crippen LogP contribution in [0.2, 0.25) is 0 Å². The SMILES string of the molecule is C/C=C/C(=C/OC(=O)N(C(C)C)C(C)C)CC(=O)OC. The number of nitrogens with zero attached hydrogens (tertiary/aromatic N) is 1. The van der Waals surface area contributed by atoms with Crippen LogP contribution in [-0.4, -0.2) is 36.2 Å². The first-order valence-corrected chi connectivity index (χ1v) is 6.70. The van der Waals surface area contributed by atoms with Crippen LogP contribution in [0.15, 0.2) is 24.0 Å². The van der Waals surface area contributed by atoms with E-state index in [1.807, 2.05) is 34.6 Å². The summed E-state index contributed by atoms with van der Waals surface area (Å²) in [6.45, 7) is 9.51. The number of rotatable bonds is 6. The van der Waals surface area contributed by atoms with E-state index < -0.39 is 6.09 Å². The zero-order chi connectivity index (χ0) is 15.7. The highest BCUT2D eigenvalue weighted by Crippen LogP contribution is 2.10. The number of carbonyl (C=O) groups excluding carboxylic acids is 2. The Morgan fingerprint density at radius 2 is 1.70 bits per heavy atom. The number of allylic oxidation sites excluding steroid dienone is 2. The highest BCUT2D eigenvalue weighted by molar-refractivity contribution is 5.73. The molecular weight excluding hydrogens is 258 g/mol. The van der Waals surface area contributed by atoms with Crippen LogP contribution in [0.3, 0.4) is 0 Å². The Labute approximate surface area is 121 Å². The van der Waals surface area contributed by atoms with Crippen molar-refractivity contribution in [2.75, 3.05) is 7.11 Å². The van der Waals surface area contributed by atoms with E-state index >= 15 is 0 Å². The predicted molar refractivity (Wildman–Crippen MR) is 78.1 cm³/mol. The smallest absolute Gasteiger partial charge is 0.415 e. The Morgan fingerprint density at radius 1 is 1.15 bits per heavy atom. The number of esters is 1. The van der Waals surface area contributed by atoms with Crippen molar-refractivity contribution >= 4 is 12.1 Å². The Hall–Kier alpha value is -1.78. The summed E-state index contributed by atoms with van der Waals surface area (Å²) >= 11 is 0. The van der Waals surface area contributed by atoms with E-state index in [-0.39, 0.29) is 24.5 Å². The molecule has 5 heteroatoms. The zero-order valence-corrected chi connectivity index (χ0v) is 13.2. The predicted octanol–water partition coefficient (Wildman–Crippen LogP) is 3.26. The summed E-state index contributed by atoms with van der Waals surface area (Å²) in [5, 5.41) is 0. The summed E-state index contributed by atoms with van der Waals surface area (Å²) < 4.78 is 9.75. The maximum absolute atomic E-state index is 12.0. The van der Waals surface area contributed by atoms with Gasteiger partial charge in [0.25, 0.3) is 0 Å². The fourth-order valence-corrected chi connectivity index (χ4v) is 1.80. The Bertz CT molecular complexity index is 375. The van der Waals surface area contributed by atoms with E-state index in [0.29, 0.717) is 5.57 Å². The van der Waals surface area contributed by atoms with Gasteiger partial charge in [0.15, 0.2) is 0 Å². The molecule has 0 unspecified atom stereocenters. The average Bonchev–Trinajstić information content (AvgIpc) is 2.35. The van der Waals surface area contributed by atoms with Crippen molar-refractivity contribution in [3.8, 4) is 0 Å². The van der Waals surface area contributed by atoms with Gasteiger partial charge in [0.1, 0.15) is 6.26 Å². The summed E-state index contributed by atoms with van der Waals surface area (Å²) in [6.07, 6.45) is 4.42. The minimum absolute atomic E-state index is 0.0432. The molecule has 0 aliphatic carbocycles. The quantitative estimate of drug-likeness (QED) is 0.426. The topological polar surface area (TPSA) is 55.8 Å². The fraction of sp³-hybridized carbons (Fsp3) is 0.600. The lowest BCUT2D eigenvalue weighted by atomic mass is 10.2. The molecule has 1 amide bonds. The summed E-state index contributed by atoms with van der Waals surface area (Å²) in [6, 6.07) is 0.0864. The van der Waals surface area contributed by atoms with Gasteiger partial charge in [-0.15, -0.1) is 0 Å². The number of methoxy groups -OCH3 is 1. The molecule has 0 aromatic carbocycles. The molecule has 0 rings (SSSR count). The first kappa shape index (κ1) is 18.2. The van der Waals surface area contributed by atoms with Gasteiger partial charge in [0.2, 0.25) is 0 Å². The van der Waals surface area contributed by atoms with Crippen LogP contribution >= 0.6 is 0 Å². The maximum Gasteiger partial charge on any atom is 0.415 e. The largest absolute Gasteiger partial charge is 0.469 e. The van der Waals surface area contributed by atoms with E-state index in [1.54, 1.807) is 17.1 Å². The fourth-order valence-electron chi connectivity index (χ4n) is 1.80. The normalized spacial score (nSPS) is 12.1. The van der Waals surface area contributed by atoms with E-state index in [2.05, 4.69) is 4.74 Å². The van der Waals surface area contributed by atoms with Crippen LogP contribution in [-0.2, 0) is 14.3 Å². The third-order valence-corrected chi connectivity index (χ3v) is 2.59. The second kappa shape index (κ2) is 9.18. The van der Waals surface area contributed by atoms with Crippen molar-refractivity contribution in [2.45, 2.75) is 53.1 Å². The van der Waals surface area contributed by atoms with Crippen LogP contribution in [0.25, 0.3) is 0 Å². The van der Waals surface area contributed by atoms with Crippen LogP contribution < -0.4 is 0 Å². The monoisotopic (exact) mass is 283 g/mol. The highest BCUT2D eigenvalue weighted by Gasteiger charge is 2.21. The van der Waals surface area contributed by atoms with Crippen molar-refractivity contribution in [3.63, 3.8) is 0 Å². The van der Waals surface area contributed by atoms with Gasteiger partial charge in [-0.2, -0.15) is 0 Å². The number of carbonyl (C=O) groups is 2. The van der Waals surface area contributed by atoms with Crippen molar-refractivity contribution in [3.05, 3.63) is 24.0 Å². The van der Waals surface area contributed by atoms with Gasteiger partial charge in [-0.1, -0.05) is 12.2 Å². The molecule has 0 radical (unpaired) electrons. The Kier molecular flexibility index (Phi) is 8.36. The van der Waals surface area contributed by atoms with E-state index in [1.165, 1.54) is 13.4 Å². The third-order valence-electron chi connectivity index (χ3n) is 2.59. The number of hydrogen-bond donors (Lipinski definition) is 0. The second-order valence-electron chi connectivity index (χ2n) is 4.92. The molecule has 0 N–H and O–H groups in total. The molecule has 0 heterocycles. The molecule has 0 aliphatic heterocycles. The Morgan fingerprint density at radius 3 is 2.10 bits per heavy atom. The minimum atomic E-state index is -0.429. The molecule has 20 heavy (non-hydrogen) atoms. The molecule has 0 saturated carbocycles. The van der Waals surface area contributed by atoms with Gasteiger partial charge in [0, 0.05) is 12.1 Å². The van der Waals surface area contributed by atoms with E-state index in [0.717, 1.165) is 0 Å². The van der Waals surface area contributed by atoms with Crippen LogP contribution in [0.5, 0.6) is 0 Å². The average molecular weight is 283 g/mol. The summed E-state index contributed by atoms with van der Waals surface area (Å²) in [5.41, 5.74) is 0.583. The van der Waals surface area contributed by atoms with Crippen molar-refractivity contribution in [1.29, 1.82) is 0 Å². The zero-order valence-electron chi connectivity index (χ0n) is 13.2. The molecule has 0 aromatic heterocycles. The van der Waals surface area contributed by atoms with Crippen molar-refractivity contribution < 1.29 is 19.1 Å². The molecule has 0 aromatic rings. The first-order chi connectivity index (χ1) is 9.33. The van der Waals surface area contributed by atoms with Gasteiger partial charge in [-0.05, 0) is 40.2 Å². The molecule has 5 nitrogen and oxygen atoms in total. The van der Waals surface area contributed by atoms with Gasteiger partial charge in [-0.3, -0.25) is 4.79 Å². The van der Waals surface area contributed by atoms with Gasteiger partial charge in [-0.25, -0.2) is 4.79 Å². The van der Waals surface area contributed by atoms with Crippen molar-refractivity contribution in [1.82, 2.24) is 4.90 Å². The van der Waals surface area contributed by atoms with E-state index in [9.17, 15) is 9.59 Å². The third kappa shape index (κ3) is 6.41.